The molecule has 7 nitrogen and oxygen atoms in total. The average Bonchev–Trinajstić information content (AvgIpc) is 2.71. The predicted molar refractivity (Wildman–Crippen MR) is 109 cm³/mol. The van der Waals surface area contributed by atoms with E-state index < -0.39 is 0 Å². The summed E-state index contributed by atoms with van der Waals surface area (Å²) < 4.78 is 16.3. The summed E-state index contributed by atoms with van der Waals surface area (Å²) in [7, 11) is 3.62. The molecular weight excluding hydrogens is 344 g/mol. The SMILES string of the molecule is CN=C(NCCCOCC1CCOCC1)NC1CCN(CCCOC)CC1. The fourth-order valence-corrected chi connectivity index (χ4v) is 3.67. The maximum absolute atomic E-state index is 5.82. The normalized spacial score (nSPS) is 20.7. The fraction of sp³-hybridized carbons (Fsp3) is 0.950. The van der Waals surface area contributed by atoms with Gasteiger partial charge in [0.2, 0.25) is 0 Å². The summed E-state index contributed by atoms with van der Waals surface area (Å²) in [4.78, 5) is 6.89. The molecule has 0 atom stereocenters. The van der Waals surface area contributed by atoms with Crippen molar-refractivity contribution >= 4 is 5.96 Å². The Morgan fingerprint density at radius 1 is 1.11 bits per heavy atom. The van der Waals surface area contributed by atoms with Gasteiger partial charge in [-0.1, -0.05) is 0 Å². The number of hydrogen-bond donors (Lipinski definition) is 2. The van der Waals surface area contributed by atoms with Crippen LogP contribution in [-0.2, 0) is 14.2 Å². The Bertz CT molecular complexity index is 395. The molecule has 0 spiro atoms. The highest BCUT2D eigenvalue weighted by Gasteiger charge is 2.19. The third-order valence-electron chi connectivity index (χ3n) is 5.43. The van der Waals surface area contributed by atoms with E-state index >= 15 is 0 Å². The van der Waals surface area contributed by atoms with Gasteiger partial charge in [-0.05, 0) is 44.4 Å². The van der Waals surface area contributed by atoms with Crippen LogP contribution in [0.4, 0.5) is 0 Å². The molecule has 0 aliphatic carbocycles. The maximum Gasteiger partial charge on any atom is 0.191 e. The smallest absolute Gasteiger partial charge is 0.191 e. The lowest BCUT2D eigenvalue weighted by Gasteiger charge is -2.33. The van der Waals surface area contributed by atoms with Gasteiger partial charge in [-0.25, -0.2) is 0 Å². The van der Waals surface area contributed by atoms with Crippen LogP contribution < -0.4 is 10.6 Å². The number of guanidine groups is 1. The summed E-state index contributed by atoms with van der Waals surface area (Å²) in [6.45, 7) is 8.66. The number of aliphatic imine (C=N–C) groups is 1. The molecule has 0 bridgehead atoms. The van der Waals surface area contributed by atoms with E-state index in [9.17, 15) is 0 Å². The van der Waals surface area contributed by atoms with Crippen molar-refractivity contribution in [3.05, 3.63) is 0 Å². The number of nitrogens with one attached hydrogen (secondary N) is 2. The van der Waals surface area contributed by atoms with Gasteiger partial charge in [0.15, 0.2) is 5.96 Å². The molecule has 0 aromatic carbocycles. The summed E-state index contributed by atoms with van der Waals surface area (Å²) >= 11 is 0. The Morgan fingerprint density at radius 2 is 1.89 bits per heavy atom. The Balaban J connectivity index is 1.48. The van der Waals surface area contributed by atoms with Gasteiger partial charge in [0, 0.05) is 79.4 Å². The zero-order valence-corrected chi connectivity index (χ0v) is 17.4. The van der Waals surface area contributed by atoms with Crippen LogP contribution >= 0.6 is 0 Å². The third kappa shape index (κ3) is 9.74. The molecule has 2 heterocycles. The van der Waals surface area contributed by atoms with E-state index in [0.29, 0.717) is 12.0 Å². The second kappa shape index (κ2) is 14.2. The first-order chi connectivity index (χ1) is 13.3. The number of nitrogens with zero attached hydrogens (tertiary/aromatic N) is 2. The molecule has 2 aliphatic heterocycles. The minimum absolute atomic E-state index is 0.514. The van der Waals surface area contributed by atoms with Crippen LogP contribution in [0.3, 0.4) is 0 Å². The van der Waals surface area contributed by atoms with Gasteiger partial charge < -0.3 is 29.7 Å². The first-order valence-electron chi connectivity index (χ1n) is 10.7. The first-order valence-corrected chi connectivity index (χ1v) is 10.7. The van der Waals surface area contributed by atoms with Crippen molar-refractivity contribution in [1.29, 1.82) is 0 Å². The molecule has 0 aromatic rings. The molecule has 2 fully saturated rings. The lowest BCUT2D eigenvalue weighted by Crippen LogP contribution is -2.49. The van der Waals surface area contributed by atoms with Crippen LogP contribution in [0.5, 0.6) is 0 Å². The van der Waals surface area contributed by atoms with Gasteiger partial charge in [0.1, 0.15) is 0 Å². The van der Waals surface area contributed by atoms with E-state index in [2.05, 4.69) is 20.5 Å². The summed E-state index contributed by atoms with van der Waals surface area (Å²) in [5, 5.41) is 6.99. The number of rotatable bonds is 11. The Morgan fingerprint density at radius 3 is 2.59 bits per heavy atom. The van der Waals surface area contributed by atoms with Crippen molar-refractivity contribution in [2.45, 2.75) is 44.6 Å². The molecule has 2 saturated heterocycles. The zero-order chi connectivity index (χ0) is 19.2. The molecular formula is C20H40N4O3. The lowest BCUT2D eigenvalue weighted by atomic mass is 10.0. The Kier molecular flexibility index (Phi) is 11.7. The van der Waals surface area contributed by atoms with E-state index in [1.54, 1.807) is 7.11 Å². The molecule has 158 valence electrons. The topological polar surface area (TPSA) is 67.4 Å². The number of methoxy groups -OCH3 is 1. The van der Waals surface area contributed by atoms with Crippen LogP contribution in [0.1, 0.15) is 38.5 Å². The highest BCUT2D eigenvalue weighted by molar-refractivity contribution is 5.79. The second-order valence-corrected chi connectivity index (χ2v) is 7.59. The highest BCUT2D eigenvalue weighted by Crippen LogP contribution is 2.14. The number of ether oxygens (including phenoxy) is 3. The van der Waals surface area contributed by atoms with Gasteiger partial charge in [-0.2, -0.15) is 0 Å². The van der Waals surface area contributed by atoms with Crippen molar-refractivity contribution in [3.8, 4) is 0 Å². The Labute approximate surface area is 165 Å². The molecule has 0 radical (unpaired) electrons. The molecule has 7 heteroatoms. The number of hydrogen-bond acceptors (Lipinski definition) is 5. The van der Waals surface area contributed by atoms with E-state index in [4.69, 9.17) is 14.2 Å². The van der Waals surface area contributed by atoms with Crippen LogP contribution in [-0.4, -0.2) is 90.3 Å². The zero-order valence-electron chi connectivity index (χ0n) is 17.4. The van der Waals surface area contributed by atoms with Crippen LogP contribution in [0.25, 0.3) is 0 Å². The molecule has 0 aromatic heterocycles. The van der Waals surface area contributed by atoms with Crippen LogP contribution in [0, 0.1) is 5.92 Å². The van der Waals surface area contributed by atoms with Gasteiger partial charge in [0.05, 0.1) is 0 Å². The van der Waals surface area contributed by atoms with Crippen LogP contribution in [0.2, 0.25) is 0 Å². The van der Waals surface area contributed by atoms with Gasteiger partial charge in [-0.15, -0.1) is 0 Å². The maximum atomic E-state index is 5.82. The summed E-state index contributed by atoms with van der Waals surface area (Å²) in [6.07, 6.45) is 6.74. The van der Waals surface area contributed by atoms with E-state index in [1.165, 1.54) is 12.8 Å². The van der Waals surface area contributed by atoms with Gasteiger partial charge in [-0.3, -0.25) is 4.99 Å². The number of piperidine rings is 1. The first kappa shape index (κ1) is 22.4. The van der Waals surface area contributed by atoms with Crippen molar-refractivity contribution in [2.75, 3.05) is 73.4 Å². The minimum Gasteiger partial charge on any atom is -0.385 e. The fourth-order valence-electron chi connectivity index (χ4n) is 3.67. The molecule has 0 saturated carbocycles. The molecule has 2 N–H and O–H groups in total. The standard InChI is InChI=1S/C20H40N4O3/c1-21-20(22-9-3-14-27-17-18-7-15-26-16-8-18)23-19-5-11-24(12-6-19)10-4-13-25-2/h18-19H,3-17H2,1-2H3,(H2,21,22,23). The molecule has 2 rings (SSSR count). The lowest BCUT2D eigenvalue weighted by molar-refractivity contribution is 0.0203. The monoisotopic (exact) mass is 384 g/mol. The summed E-state index contributed by atoms with van der Waals surface area (Å²) in [6, 6.07) is 0.514. The van der Waals surface area contributed by atoms with Crippen LogP contribution in [0.15, 0.2) is 4.99 Å². The predicted octanol–water partition coefficient (Wildman–Crippen LogP) is 1.49. The second-order valence-electron chi connectivity index (χ2n) is 7.59. The summed E-state index contributed by atoms with van der Waals surface area (Å²) in [5.41, 5.74) is 0. The largest absolute Gasteiger partial charge is 0.385 e. The molecule has 0 amide bonds. The van der Waals surface area contributed by atoms with Crippen molar-refractivity contribution in [2.24, 2.45) is 10.9 Å². The van der Waals surface area contributed by atoms with Gasteiger partial charge >= 0.3 is 0 Å². The van der Waals surface area contributed by atoms with E-state index in [-0.39, 0.29) is 0 Å². The van der Waals surface area contributed by atoms with Crippen molar-refractivity contribution in [3.63, 3.8) is 0 Å². The Hall–Kier alpha value is -0.890. The van der Waals surface area contributed by atoms with E-state index in [1.807, 2.05) is 7.05 Å². The van der Waals surface area contributed by atoms with Gasteiger partial charge in [0.25, 0.3) is 0 Å². The quantitative estimate of drug-likeness (QED) is 0.320. The molecule has 2 aliphatic rings. The molecule has 27 heavy (non-hydrogen) atoms. The minimum atomic E-state index is 0.514. The third-order valence-corrected chi connectivity index (χ3v) is 5.43. The van der Waals surface area contributed by atoms with Crippen molar-refractivity contribution < 1.29 is 14.2 Å². The summed E-state index contributed by atoms with van der Waals surface area (Å²) in [5.74, 6) is 1.60. The highest BCUT2D eigenvalue weighted by atomic mass is 16.5. The van der Waals surface area contributed by atoms with Crippen molar-refractivity contribution in [1.82, 2.24) is 15.5 Å². The average molecular weight is 385 g/mol. The molecule has 0 unspecified atom stereocenters. The number of likely N-dealkylation sites (tertiary alicyclic amines) is 1. The van der Waals surface area contributed by atoms with E-state index in [0.717, 1.165) is 90.9 Å².